The predicted octanol–water partition coefficient (Wildman–Crippen LogP) is -0.866. The summed E-state index contributed by atoms with van der Waals surface area (Å²) in [5.41, 5.74) is 0. The molecule has 0 saturated heterocycles. The van der Waals surface area contributed by atoms with E-state index < -0.39 is 6.10 Å². The van der Waals surface area contributed by atoms with Crippen LogP contribution >= 0.6 is 0 Å². The van der Waals surface area contributed by atoms with Crippen LogP contribution in [0.25, 0.3) is 0 Å². The van der Waals surface area contributed by atoms with Crippen molar-refractivity contribution in [1.29, 1.82) is 0 Å². The van der Waals surface area contributed by atoms with E-state index in [0.29, 0.717) is 6.61 Å². The molecule has 0 aliphatic carbocycles. The van der Waals surface area contributed by atoms with Gasteiger partial charge in [0.25, 0.3) is 0 Å². The molecule has 0 saturated carbocycles. The van der Waals surface area contributed by atoms with Crippen LogP contribution < -0.4 is 0 Å². The summed E-state index contributed by atoms with van der Waals surface area (Å²) in [5, 5.41) is 23.4. The van der Waals surface area contributed by atoms with Crippen molar-refractivity contribution in [2.45, 2.75) is 6.10 Å². The van der Waals surface area contributed by atoms with Crippen LogP contribution in [0.3, 0.4) is 0 Å². The third-order valence-corrected chi connectivity index (χ3v) is 0.510. The SMILES string of the molecule is CO.COC[C@H](O)[CH-]O.[Y]. The zero-order valence-electron chi connectivity index (χ0n) is 6.19. The van der Waals surface area contributed by atoms with Gasteiger partial charge in [0, 0.05) is 53.5 Å². The number of methoxy groups -OCH3 is 1. The van der Waals surface area contributed by atoms with Crippen LogP contribution in [-0.4, -0.2) is 42.3 Å². The Kier molecular flexibility index (Phi) is 28.3. The van der Waals surface area contributed by atoms with Crippen LogP contribution in [0.4, 0.5) is 0 Å². The Hall–Kier alpha value is 0.944. The first kappa shape index (κ1) is 17.1. The van der Waals surface area contributed by atoms with Gasteiger partial charge in [0.2, 0.25) is 0 Å². The summed E-state index contributed by atoms with van der Waals surface area (Å²) in [5.74, 6) is 0. The van der Waals surface area contributed by atoms with Crippen LogP contribution in [-0.2, 0) is 37.4 Å². The van der Waals surface area contributed by atoms with Crippen LogP contribution in [0.5, 0.6) is 0 Å². The Morgan fingerprint density at radius 2 is 1.90 bits per heavy atom. The molecule has 0 aliphatic rings. The molecule has 0 aromatic rings. The molecule has 0 spiro atoms. The van der Waals surface area contributed by atoms with Crippen LogP contribution in [0.15, 0.2) is 0 Å². The molecule has 5 heteroatoms. The minimum Gasteiger partial charge on any atom is -0.563 e. The van der Waals surface area contributed by atoms with Gasteiger partial charge in [-0.2, -0.15) is 6.61 Å². The smallest absolute Gasteiger partial charge is 0.0460 e. The topological polar surface area (TPSA) is 69.9 Å². The molecular weight excluding hydrogens is 213 g/mol. The quantitative estimate of drug-likeness (QED) is 0.547. The molecule has 0 aromatic carbocycles. The summed E-state index contributed by atoms with van der Waals surface area (Å²) in [6, 6.07) is 0. The van der Waals surface area contributed by atoms with Crippen molar-refractivity contribution in [3.63, 3.8) is 0 Å². The van der Waals surface area contributed by atoms with E-state index in [2.05, 4.69) is 4.74 Å². The van der Waals surface area contributed by atoms with Crippen molar-refractivity contribution < 1.29 is 52.8 Å². The summed E-state index contributed by atoms with van der Waals surface area (Å²) in [7, 11) is 2.45. The maximum Gasteiger partial charge on any atom is 0.0460 e. The summed E-state index contributed by atoms with van der Waals surface area (Å²) < 4.78 is 4.45. The fraction of sp³-hybridized carbons (Fsp3) is 0.800. The van der Waals surface area contributed by atoms with Crippen LogP contribution in [0, 0.1) is 6.61 Å². The van der Waals surface area contributed by atoms with Gasteiger partial charge in [-0.25, -0.2) is 0 Å². The van der Waals surface area contributed by atoms with E-state index in [-0.39, 0.29) is 39.3 Å². The molecular formula is C5H13O4Y-. The summed E-state index contributed by atoms with van der Waals surface area (Å²) in [6.45, 7) is 0.833. The third kappa shape index (κ3) is 16.0. The molecule has 0 rings (SSSR count). The number of rotatable bonds is 3. The van der Waals surface area contributed by atoms with Gasteiger partial charge in [-0.15, -0.1) is 0 Å². The van der Waals surface area contributed by atoms with E-state index in [9.17, 15) is 0 Å². The Labute approximate surface area is 86.1 Å². The standard InChI is InChI=1S/C4H9O3.CH4O.Y/c1-7-3-4(6)2-5;1-2;/h2,4-6H,3H2,1H3;2H,1H3;/q-1;;/t4-;;/m1../s1. The van der Waals surface area contributed by atoms with E-state index in [1.54, 1.807) is 0 Å². The molecule has 0 heterocycles. The van der Waals surface area contributed by atoms with Gasteiger partial charge in [0.15, 0.2) is 0 Å². The molecule has 0 amide bonds. The molecule has 10 heavy (non-hydrogen) atoms. The molecule has 0 fully saturated rings. The zero-order valence-corrected chi connectivity index (χ0v) is 9.03. The van der Waals surface area contributed by atoms with E-state index in [1.165, 1.54) is 7.11 Å². The summed E-state index contributed by atoms with van der Waals surface area (Å²) >= 11 is 0. The van der Waals surface area contributed by atoms with Gasteiger partial charge in [-0.3, -0.25) is 0 Å². The van der Waals surface area contributed by atoms with Crippen LogP contribution in [0.2, 0.25) is 0 Å². The average Bonchev–Trinajstić information content (AvgIpc) is 1.93. The maximum atomic E-state index is 8.43. The molecule has 4 nitrogen and oxygen atoms in total. The Morgan fingerprint density at radius 3 is 2.00 bits per heavy atom. The first-order chi connectivity index (χ1) is 4.31. The minimum absolute atomic E-state index is 0. The molecule has 61 valence electrons. The fourth-order valence-corrected chi connectivity index (χ4v) is 0.214. The average molecular weight is 226 g/mol. The van der Waals surface area contributed by atoms with Gasteiger partial charge in [0.1, 0.15) is 0 Å². The van der Waals surface area contributed by atoms with E-state index in [1.807, 2.05) is 0 Å². The number of ether oxygens (including phenoxy) is 1. The van der Waals surface area contributed by atoms with Crippen molar-refractivity contribution in [2.75, 3.05) is 20.8 Å². The molecule has 0 bridgehead atoms. The summed E-state index contributed by atoms with van der Waals surface area (Å²) in [6.07, 6.45) is -0.843. The molecule has 0 aliphatic heterocycles. The maximum absolute atomic E-state index is 8.43. The number of hydrogen-bond acceptors (Lipinski definition) is 4. The van der Waals surface area contributed by atoms with Crippen molar-refractivity contribution >= 4 is 0 Å². The largest absolute Gasteiger partial charge is 0.563 e. The van der Waals surface area contributed by atoms with Crippen molar-refractivity contribution in [3.8, 4) is 0 Å². The second-order valence-electron chi connectivity index (χ2n) is 1.17. The number of aliphatic hydroxyl groups is 3. The number of hydrogen-bond donors (Lipinski definition) is 3. The van der Waals surface area contributed by atoms with Gasteiger partial charge >= 0.3 is 0 Å². The van der Waals surface area contributed by atoms with Crippen molar-refractivity contribution in [3.05, 3.63) is 6.61 Å². The van der Waals surface area contributed by atoms with Gasteiger partial charge in [-0.1, -0.05) is 0 Å². The van der Waals surface area contributed by atoms with Gasteiger partial charge < -0.3 is 20.1 Å². The second-order valence-corrected chi connectivity index (χ2v) is 1.17. The second kappa shape index (κ2) is 16.5. The van der Waals surface area contributed by atoms with Crippen molar-refractivity contribution in [1.82, 2.24) is 0 Å². The zero-order chi connectivity index (χ0) is 7.70. The van der Waals surface area contributed by atoms with E-state index in [4.69, 9.17) is 15.3 Å². The normalized spacial score (nSPS) is 10.5. The molecule has 0 aromatic heterocycles. The number of aliphatic hydroxyl groups excluding tert-OH is 3. The predicted molar refractivity (Wildman–Crippen MR) is 32.3 cm³/mol. The monoisotopic (exact) mass is 226 g/mol. The van der Waals surface area contributed by atoms with Crippen molar-refractivity contribution in [2.24, 2.45) is 0 Å². The van der Waals surface area contributed by atoms with Crippen LogP contribution in [0.1, 0.15) is 0 Å². The Bertz CT molecular complexity index is 44.6. The van der Waals surface area contributed by atoms with E-state index in [0.717, 1.165) is 7.11 Å². The van der Waals surface area contributed by atoms with E-state index >= 15 is 0 Å². The van der Waals surface area contributed by atoms with Gasteiger partial charge in [-0.05, 0) is 6.10 Å². The minimum atomic E-state index is -0.843. The molecule has 1 atom stereocenters. The summed E-state index contributed by atoms with van der Waals surface area (Å²) in [4.78, 5) is 0. The Balaban J connectivity index is -0.000000149. The first-order valence-corrected chi connectivity index (χ1v) is 2.40. The Morgan fingerprint density at radius 1 is 1.50 bits per heavy atom. The first-order valence-electron chi connectivity index (χ1n) is 2.40. The molecule has 3 N–H and O–H groups in total. The fourth-order valence-electron chi connectivity index (χ4n) is 0.214. The third-order valence-electron chi connectivity index (χ3n) is 0.510. The van der Waals surface area contributed by atoms with Gasteiger partial charge in [0.05, 0.1) is 0 Å². The molecule has 1 radical (unpaired) electrons. The molecule has 0 unspecified atom stereocenters.